The fourth-order valence-electron chi connectivity index (χ4n) is 2.09. The molecule has 0 spiro atoms. The molecule has 0 atom stereocenters. The van der Waals surface area contributed by atoms with Crippen LogP contribution in [0.3, 0.4) is 0 Å². The Hall–Kier alpha value is -1.60. The number of nitrogens with zero attached hydrogens (tertiary/aromatic N) is 2. The molecule has 0 bridgehead atoms. The monoisotopic (exact) mass is 237 g/mol. The van der Waals surface area contributed by atoms with Gasteiger partial charge in [-0.3, -0.25) is 0 Å². The number of nitrogen functional groups attached to an aromatic ring is 2. The van der Waals surface area contributed by atoms with E-state index >= 15 is 0 Å². The zero-order chi connectivity index (χ0) is 12.1. The van der Waals surface area contributed by atoms with E-state index < -0.39 is 0 Å². The van der Waals surface area contributed by atoms with E-state index in [0.717, 1.165) is 12.8 Å². The molecule has 0 radical (unpaired) electrons. The summed E-state index contributed by atoms with van der Waals surface area (Å²) in [6.07, 6.45) is 6.16. The molecule has 1 aliphatic rings. The first-order valence-corrected chi connectivity index (χ1v) is 5.90. The molecule has 1 aromatic heterocycles. The van der Waals surface area contributed by atoms with Gasteiger partial charge in [-0.2, -0.15) is 9.97 Å². The molecule has 1 fully saturated rings. The highest BCUT2D eigenvalue weighted by Gasteiger charge is 2.14. The van der Waals surface area contributed by atoms with Crippen molar-refractivity contribution in [3.63, 3.8) is 0 Å². The van der Waals surface area contributed by atoms with E-state index in [1.165, 1.54) is 19.3 Å². The van der Waals surface area contributed by atoms with E-state index in [0.29, 0.717) is 23.6 Å². The van der Waals surface area contributed by atoms with Crippen LogP contribution in [-0.4, -0.2) is 16.0 Å². The molecular weight excluding hydrogens is 218 g/mol. The minimum Gasteiger partial charge on any atom is -0.351 e. The first-order valence-electron chi connectivity index (χ1n) is 5.90. The average Bonchev–Trinajstić information content (AvgIpc) is 2.39. The van der Waals surface area contributed by atoms with Gasteiger partial charge in [-0.25, -0.2) is 11.7 Å². The summed E-state index contributed by atoms with van der Waals surface area (Å²) in [6.45, 7) is 0. The molecular formula is C10H19N7. The number of rotatable bonds is 4. The molecule has 17 heavy (non-hydrogen) atoms. The second kappa shape index (κ2) is 5.65. The fourth-order valence-corrected chi connectivity index (χ4v) is 2.09. The summed E-state index contributed by atoms with van der Waals surface area (Å²) in [5, 5.41) is 3.32. The zero-order valence-corrected chi connectivity index (χ0v) is 9.74. The summed E-state index contributed by atoms with van der Waals surface area (Å²) >= 11 is 0. The maximum Gasteiger partial charge on any atom is 0.226 e. The minimum atomic E-state index is 0.447. The Balaban J connectivity index is 2.07. The first kappa shape index (κ1) is 11.9. The molecule has 0 saturated heterocycles. The van der Waals surface area contributed by atoms with E-state index in [4.69, 9.17) is 11.7 Å². The SMILES string of the molecule is NNc1cc(NN)nc(NC2CCCCC2)n1. The van der Waals surface area contributed by atoms with E-state index in [1.54, 1.807) is 6.07 Å². The number of hydrogen-bond donors (Lipinski definition) is 5. The van der Waals surface area contributed by atoms with E-state index in [-0.39, 0.29) is 0 Å². The molecule has 0 aromatic carbocycles. The lowest BCUT2D eigenvalue weighted by molar-refractivity contribution is 0.461. The summed E-state index contributed by atoms with van der Waals surface area (Å²) in [5.74, 6) is 12.3. The van der Waals surface area contributed by atoms with Crippen molar-refractivity contribution in [2.45, 2.75) is 38.1 Å². The standard InChI is InChI=1S/C10H19N7/c11-16-8-6-9(17-12)15-10(14-8)13-7-4-2-1-3-5-7/h6-7H,1-5,11-12H2,(H3,13,14,15,16,17). The highest BCUT2D eigenvalue weighted by atomic mass is 15.3. The van der Waals surface area contributed by atoms with E-state index in [2.05, 4.69) is 26.1 Å². The van der Waals surface area contributed by atoms with Crippen molar-refractivity contribution in [3.8, 4) is 0 Å². The molecule has 1 saturated carbocycles. The molecule has 2 rings (SSSR count). The Morgan fingerprint density at radius 2 is 1.59 bits per heavy atom. The van der Waals surface area contributed by atoms with Crippen molar-refractivity contribution in [2.24, 2.45) is 11.7 Å². The predicted octanol–water partition coefficient (Wildman–Crippen LogP) is 0.792. The van der Waals surface area contributed by atoms with Crippen LogP contribution in [0.25, 0.3) is 0 Å². The first-order chi connectivity index (χ1) is 8.31. The number of nitrogens with one attached hydrogen (secondary N) is 3. The van der Waals surface area contributed by atoms with Crippen LogP contribution >= 0.6 is 0 Å². The number of hydrogen-bond acceptors (Lipinski definition) is 7. The Morgan fingerprint density at radius 1 is 1.00 bits per heavy atom. The number of nitrogens with two attached hydrogens (primary N) is 2. The number of hydrazine groups is 2. The largest absolute Gasteiger partial charge is 0.351 e. The highest BCUT2D eigenvalue weighted by Crippen LogP contribution is 2.21. The second-order valence-corrected chi connectivity index (χ2v) is 4.23. The van der Waals surface area contributed by atoms with Crippen molar-refractivity contribution >= 4 is 17.6 Å². The van der Waals surface area contributed by atoms with Crippen molar-refractivity contribution in [1.82, 2.24) is 9.97 Å². The van der Waals surface area contributed by atoms with Gasteiger partial charge in [0, 0.05) is 12.1 Å². The topological polar surface area (TPSA) is 114 Å². The van der Waals surface area contributed by atoms with Gasteiger partial charge in [0.2, 0.25) is 5.95 Å². The van der Waals surface area contributed by atoms with Crippen molar-refractivity contribution < 1.29 is 0 Å². The van der Waals surface area contributed by atoms with Gasteiger partial charge in [0.25, 0.3) is 0 Å². The van der Waals surface area contributed by atoms with Gasteiger partial charge in [-0.15, -0.1) is 0 Å². The van der Waals surface area contributed by atoms with Crippen LogP contribution in [0.5, 0.6) is 0 Å². The highest BCUT2D eigenvalue weighted by molar-refractivity contribution is 5.51. The van der Waals surface area contributed by atoms with E-state index in [1.807, 2.05) is 0 Å². The normalized spacial score (nSPS) is 16.6. The lowest BCUT2D eigenvalue weighted by atomic mass is 9.96. The lowest BCUT2D eigenvalue weighted by Gasteiger charge is -2.23. The van der Waals surface area contributed by atoms with Crippen LogP contribution in [0.15, 0.2) is 6.07 Å². The summed E-state index contributed by atoms with van der Waals surface area (Å²) in [4.78, 5) is 8.48. The maximum atomic E-state index is 5.34. The van der Waals surface area contributed by atoms with Gasteiger partial charge in [0.15, 0.2) is 0 Å². The minimum absolute atomic E-state index is 0.447. The second-order valence-electron chi connectivity index (χ2n) is 4.23. The van der Waals surface area contributed by atoms with Crippen LogP contribution in [-0.2, 0) is 0 Å². The third kappa shape index (κ3) is 3.18. The van der Waals surface area contributed by atoms with Crippen molar-refractivity contribution in [3.05, 3.63) is 6.07 Å². The molecule has 7 heteroatoms. The van der Waals surface area contributed by atoms with Gasteiger partial charge in [-0.05, 0) is 12.8 Å². The average molecular weight is 237 g/mol. The molecule has 0 amide bonds. The van der Waals surface area contributed by atoms with Gasteiger partial charge in [0.1, 0.15) is 11.6 Å². The quantitative estimate of drug-likeness (QED) is 0.388. The Labute approximate surface area is 100 Å². The summed E-state index contributed by atoms with van der Waals surface area (Å²) in [6, 6.07) is 2.09. The van der Waals surface area contributed by atoms with Gasteiger partial charge in [-0.1, -0.05) is 19.3 Å². The molecule has 0 aliphatic heterocycles. The van der Waals surface area contributed by atoms with Crippen LogP contribution in [0.2, 0.25) is 0 Å². The molecule has 1 aliphatic carbocycles. The fraction of sp³-hybridized carbons (Fsp3) is 0.600. The Morgan fingerprint density at radius 3 is 2.12 bits per heavy atom. The van der Waals surface area contributed by atoms with Crippen LogP contribution in [0, 0.1) is 0 Å². The van der Waals surface area contributed by atoms with Crippen LogP contribution in [0.4, 0.5) is 17.6 Å². The summed E-state index contributed by atoms with van der Waals surface area (Å²) in [7, 11) is 0. The molecule has 1 aromatic rings. The molecule has 94 valence electrons. The predicted molar refractivity (Wildman–Crippen MR) is 68.1 cm³/mol. The Bertz CT molecular complexity index is 339. The number of aromatic nitrogens is 2. The third-order valence-corrected chi connectivity index (χ3v) is 2.96. The third-order valence-electron chi connectivity index (χ3n) is 2.96. The van der Waals surface area contributed by atoms with E-state index in [9.17, 15) is 0 Å². The van der Waals surface area contributed by atoms with Crippen LogP contribution < -0.4 is 27.9 Å². The lowest BCUT2D eigenvalue weighted by Crippen LogP contribution is -2.24. The molecule has 7 N–H and O–H groups in total. The molecule has 1 heterocycles. The summed E-state index contributed by atoms with van der Waals surface area (Å²) < 4.78 is 0. The van der Waals surface area contributed by atoms with Gasteiger partial charge in [0.05, 0.1) is 0 Å². The summed E-state index contributed by atoms with van der Waals surface area (Å²) in [5.41, 5.74) is 4.99. The van der Waals surface area contributed by atoms with Crippen LogP contribution in [0.1, 0.15) is 32.1 Å². The smallest absolute Gasteiger partial charge is 0.226 e. The van der Waals surface area contributed by atoms with Gasteiger partial charge < -0.3 is 16.2 Å². The van der Waals surface area contributed by atoms with Crippen molar-refractivity contribution in [2.75, 3.05) is 16.2 Å². The van der Waals surface area contributed by atoms with Crippen molar-refractivity contribution in [1.29, 1.82) is 0 Å². The maximum absolute atomic E-state index is 5.34. The molecule has 0 unspecified atom stereocenters. The Kier molecular flexibility index (Phi) is 3.94. The molecule has 7 nitrogen and oxygen atoms in total. The zero-order valence-electron chi connectivity index (χ0n) is 9.74. The number of anilines is 3. The van der Waals surface area contributed by atoms with Gasteiger partial charge >= 0.3 is 0 Å².